The highest BCUT2D eigenvalue weighted by Crippen LogP contribution is 2.26. The number of fused-ring (bicyclic) bond motifs is 1. The molecule has 2 fully saturated rings. The summed E-state index contributed by atoms with van der Waals surface area (Å²) in [6.07, 6.45) is 2.40. The van der Waals surface area contributed by atoms with Crippen molar-refractivity contribution in [2.45, 2.75) is 25.5 Å². The van der Waals surface area contributed by atoms with Crippen LogP contribution in [0.4, 0.5) is 0 Å². The number of aromatic nitrogens is 1. The molecule has 1 aromatic rings. The maximum Gasteiger partial charge on any atom is 0.276 e. The fourth-order valence-electron chi connectivity index (χ4n) is 3.00. The molecular formula is C13H19N3O3. The SMILES string of the molecule is COCc1cc(C(=O)N2C[C@@H]3CCCN[C@@H]3C2)no1. The zero-order valence-corrected chi connectivity index (χ0v) is 11.1. The highest BCUT2D eigenvalue weighted by Gasteiger charge is 2.37. The van der Waals surface area contributed by atoms with E-state index in [1.165, 1.54) is 12.8 Å². The van der Waals surface area contributed by atoms with Crippen molar-refractivity contribution in [3.8, 4) is 0 Å². The number of carbonyl (C=O) groups excluding carboxylic acids is 1. The Balaban J connectivity index is 1.66. The molecule has 6 nitrogen and oxygen atoms in total. The molecule has 1 amide bonds. The van der Waals surface area contributed by atoms with Crippen LogP contribution in [0.25, 0.3) is 0 Å². The van der Waals surface area contributed by atoms with E-state index in [1.807, 2.05) is 4.90 Å². The molecule has 0 aliphatic carbocycles. The first-order chi connectivity index (χ1) is 9.28. The van der Waals surface area contributed by atoms with Crippen molar-refractivity contribution in [3.63, 3.8) is 0 Å². The van der Waals surface area contributed by atoms with E-state index < -0.39 is 0 Å². The van der Waals surface area contributed by atoms with Gasteiger partial charge in [0, 0.05) is 32.3 Å². The summed E-state index contributed by atoms with van der Waals surface area (Å²) in [6.45, 7) is 3.00. The molecule has 3 rings (SSSR count). The average molecular weight is 265 g/mol. The number of hydrogen-bond donors (Lipinski definition) is 1. The molecule has 2 aliphatic rings. The van der Waals surface area contributed by atoms with E-state index in [1.54, 1.807) is 13.2 Å². The molecule has 3 heterocycles. The largest absolute Gasteiger partial charge is 0.377 e. The highest BCUT2D eigenvalue weighted by atomic mass is 16.5. The summed E-state index contributed by atoms with van der Waals surface area (Å²) in [5, 5.41) is 7.32. The summed E-state index contributed by atoms with van der Waals surface area (Å²) >= 11 is 0. The summed E-state index contributed by atoms with van der Waals surface area (Å²) in [5.41, 5.74) is 0.380. The summed E-state index contributed by atoms with van der Waals surface area (Å²) < 4.78 is 10.0. The van der Waals surface area contributed by atoms with Gasteiger partial charge in [-0.3, -0.25) is 4.79 Å². The Morgan fingerprint density at radius 2 is 2.53 bits per heavy atom. The zero-order chi connectivity index (χ0) is 13.2. The Kier molecular flexibility index (Phi) is 3.52. The monoisotopic (exact) mass is 265 g/mol. The lowest BCUT2D eigenvalue weighted by molar-refractivity contribution is 0.0774. The number of likely N-dealkylation sites (tertiary alicyclic amines) is 1. The molecule has 6 heteroatoms. The standard InChI is InChI=1S/C13H19N3O3/c1-18-8-10-5-11(15-19-10)13(17)16-6-9-3-2-4-14-12(9)7-16/h5,9,12,14H,2-4,6-8H2,1H3/t9-,12+/m0/s1. The predicted octanol–water partition coefficient (Wildman–Crippen LogP) is 0.645. The van der Waals surface area contributed by atoms with E-state index in [4.69, 9.17) is 9.26 Å². The Bertz CT molecular complexity index is 446. The lowest BCUT2D eigenvalue weighted by atomic mass is 9.94. The van der Waals surface area contributed by atoms with Gasteiger partial charge in [0.2, 0.25) is 0 Å². The lowest BCUT2D eigenvalue weighted by Gasteiger charge is -2.24. The molecule has 0 bridgehead atoms. The first-order valence-electron chi connectivity index (χ1n) is 6.75. The fourth-order valence-corrected chi connectivity index (χ4v) is 3.00. The van der Waals surface area contributed by atoms with Gasteiger partial charge < -0.3 is 19.5 Å². The lowest BCUT2D eigenvalue weighted by Crippen LogP contribution is -2.41. The van der Waals surface area contributed by atoms with E-state index in [9.17, 15) is 4.79 Å². The van der Waals surface area contributed by atoms with Crippen molar-refractivity contribution in [3.05, 3.63) is 17.5 Å². The van der Waals surface area contributed by atoms with Gasteiger partial charge in [-0.1, -0.05) is 5.16 Å². The molecular weight excluding hydrogens is 246 g/mol. The first kappa shape index (κ1) is 12.6. The van der Waals surface area contributed by atoms with Crippen LogP contribution >= 0.6 is 0 Å². The minimum atomic E-state index is -0.0395. The molecule has 2 aliphatic heterocycles. The van der Waals surface area contributed by atoms with Gasteiger partial charge in [0.1, 0.15) is 6.61 Å². The second-order valence-electron chi connectivity index (χ2n) is 5.28. The van der Waals surface area contributed by atoms with E-state index in [0.717, 1.165) is 19.6 Å². The van der Waals surface area contributed by atoms with E-state index in [-0.39, 0.29) is 5.91 Å². The third-order valence-electron chi connectivity index (χ3n) is 3.95. The van der Waals surface area contributed by atoms with Gasteiger partial charge >= 0.3 is 0 Å². The van der Waals surface area contributed by atoms with Crippen LogP contribution in [0.5, 0.6) is 0 Å². The van der Waals surface area contributed by atoms with Gasteiger partial charge in [-0.2, -0.15) is 0 Å². The Labute approximate surface area is 112 Å². The van der Waals surface area contributed by atoms with Gasteiger partial charge in [0.25, 0.3) is 5.91 Å². The van der Waals surface area contributed by atoms with Crippen LogP contribution in [0, 0.1) is 5.92 Å². The molecule has 2 atom stereocenters. The van der Waals surface area contributed by atoms with Gasteiger partial charge in [0.15, 0.2) is 11.5 Å². The number of piperidine rings is 1. The molecule has 0 aromatic carbocycles. The predicted molar refractivity (Wildman–Crippen MR) is 67.6 cm³/mol. The van der Waals surface area contributed by atoms with Crippen LogP contribution in [0.1, 0.15) is 29.1 Å². The van der Waals surface area contributed by atoms with Gasteiger partial charge in [-0.15, -0.1) is 0 Å². The maximum atomic E-state index is 12.3. The summed E-state index contributed by atoms with van der Waals surface area (Å²) in [4.78, 5) is 14.2. The van der Waals surface area contributed by atoms with Crippen molar-refractivity contribution in [2.24, 2.45) is 5.92 Å². The topological polar surface area (TPSA) is 67.6 Å². The zero-order valence-electron chi connectivity index (χ0n) is 11.1. The van der Waals surface area contributed by atoms with Crippen LogP contribution in [0.15, 0.2) is 10.6 Å². The van der Waals surface area contributed by atoms with E-state index in [2.05, 4.69) is 10.5 Å². The van der Waals surface area contributed by atoms with Crippen molar-refractivity contribution >= 4 is 5.91 Å². The minimum absolute atomic E-state index is 0.0395. The molecule has 2 saturated heterocycles. The number of hydrogen-bond acceptors (Lipinski definition) is 5. The highest BCUT2D eigenvalue weighted by molar-refractivity contribution is 5.92. The van der Waals surface area contributed by atoms with Gasteiger partial charge in [-0.05, 0) is 25.3 Å². The smallest absolute Gasteiger partial charge is 0.276 e. The third-order valence-corrected chi connectivity index (χ3v) is 3.95. The Morgan fingerprint density at radius 1 is 1.63 bits per heavy atom. The normalized spacial score (nSPS) is 26.5. The van der Waals surface area contributed by atoms with Gasteiger partial charge in [-0.25, -0.2) is 0 Å². The number of ether oxygens (including phenoxy) is 1. The summed E-state index contributed by atoms with van der Waals surface area (Å²) in [7, 11) is 1.58. The molecule has 0 saturated carbocycles. The van der Waals surface area contributed by atoms with Crippen LogP contribution in [-0.4, -0.2) is 48.7 Å². The number of nitrogens with zero attached hydrogens (tertiary/aromatic N) is 2. The maximum absolute atomic E-state index is 12.3. The number of carbonyl (C=O) groups is 1. The second kappa shape index (κ2) is 5.30. The van der Waals surface area contributed by atoms with Crippen molar-refractivity contribution in [1.82, 2.24) is 15.4 Å². The number of methoxy groups -OCH3 is 1. The molecule has 104 valence electrons. The molecule has 19 heavy (non-hydrogen) atoms. The third kappa shape index (κ3) is 2.50. The Morgan fingerprint density at radius 3 is 3.32 bits per heavy atom. The van der Waals surface area contributed by atoms with E-state index in [0.29, 0.717) is 30.0 Å². The van der Waals surface area contributed by atoms with Crippen LogP contribution in [0.2, 0.25) is 0 Å². The average Bonchev–Trinajstić information content (AvgIpc) is 3.04. The Hall–Kier alpha value is -1.40. The summed E-state index contributed by atoms with van der Waals surface area (Å²) in [5.74, 6) is 1.13. The van der Waals surface area contributed by atoms with E-state index >= 15 is 0 Å². The summed E-state index contributed by atoms with van der Waals surface area (Å²) in [6, 6.07) is 2.12. The number of nitrogens with one attached hydrogen (secondary N) is 1. The van der Waals surface area contributed by atoms with Crippen molar-refractivity contribution in [1.29, 1.82) is 0 Å². The van der Waals surface area contributed by atoms with Crippen LogP contribution < -0.4 is 5.32 Å². The quantitative estimate of drug-likeness (QED) is 0.869. The van der Waals surface area contributed by atoms with Gasteiger partial charge in [0.05, 0.1) is 0 Å². The fraction of sp³-hybridized carbons (Fsp3) is 0.692. The molecule has 0 spiro atoms. The molecule has 0 unspecified atom stereocenters. The molecule has 1 N–H and O–H groups in total. The number of amides is 1. The van der Waals surface area contributed by atoms with Crippen molar-refractivity contribution < 1.29 is 14.1 Å². The number of rotatable bonds is 3. The van der Waals surface area contributed by atoms with Crippen LogP contribution in [0.3, 0.4) is 0 Å². The van der Waals surface area contributed by atoms with Crippen LogP contribution in [-0.2, 0) is 11.3 Å². The minimum Gasteiger partial charge on any atom is -0.377 e. The molecule has 0 radical (unpaired) electrons. The first-order valence-corrected chi connectivity index (χ1v) is 6.75. The molecule has 1 aromatic heterocycles. The second-order valence-corrected chi connectivity index (χ2v) is 5.28. The van der Waals surface area contributed by atoms with Crippen molar-refractivity contribution in [2.75, 3.05) is 26.7 Å².